The summed E-state index contributed by atoms with van der Waals surface area (Å²) in [4.78, 5) is 1.35. The molecule has 0 radical (unpaired) electrons. The van der Waals surface area contributed by atoms with E-state index in [1.807, 2.05) is 26.2 Å². The molecule has 1 aromatic rings. The third-order valence-corrected chi connectivity index (χ3v) is 6.38. The van der Waals surface area contributed by atoms with Gasteiger partial charge in [0.15, 0.2) is 0 Å². The average molecular weight is 333 g/mol. The van der Waals surface area contributed by atoms with E-state index >= 15 is 0 Å². The largest absolute Gasteiger partial charge is 0.312 e. The average Bonchev–Trinajstić information content (AvgIpc) is 2.75. The predicted molar refractivity (Wildman–Crippen MR) is 90.3 cm³/mol. The van der Waals surface area contributed by atoms with Crippen LogP contribution in [0.5, 0.6) is 0 Å². The van der Waals surface area contributed by atoms with Crippen LogP contribution in [0, 0.1) is 12.8 Å². The fourth-order valence-electron chi connectivity index (χ4n) is 2.17. The molecule has 0 amide bonds. The lowest BCUT2D eigenvalue weighted by Gasteiger charge is -2.16. The van der Waals surface area contributed by atoms with Crippen LogP contribution in [0.1, 0.15) is 51.0 Å². The molecule has 1 unspecified atom stereocenters. The molecular formula is C15H28N2O2S2. The molecule has 0 bridgehead atoms. The first-order chi connectivity index (χ1) is 9.77. The van der Waals surface area contributed by atoms with Crippen molar-refractivity contribution >= 4 is 21.4 Å². The SMILES string of the molecule is CCNCc1scc(C)c1S(=O)(=O)NC(C)CCC(C)C. The van der Waals surface area contributed by atoms with Crippen LogP contribution in [0.2, 0.25) is 0 Å². The summed E-state index contributed by atoms with van der Waals surface area (Å²) in [7, 11) is -3.44. The summed E-state index contributed by atoms with van der Waals surface area (Å²) in [6.45, 7) is 11.5. The Kier molecular flexibility index (Phi) is 7.33. The summed E-state index contributed by atoms with van der Waals surface area (Å²) in [5, 5.41) is 5.12. The quantitative estimate of drug-likeness (QED) is 0.730. The minimum Gasteiger partial charge on any atom is -0.312 e. The zero-order valence-corrected chi connectivity index (χ0v) is 15.3. The van der Waals surface area contributed by atoms with Crippen molar-refractivity contribution < 1.29 is 8.42 Å². The van der Waals surface area contributed by atoms with Gasteiger partial charge in [0.05, 0.1) is 0 Å². The van der Waals surface area contributed by atoms with Gasteiger partial charge in [-0.3, -0.25) is 0 Å². The van der Waals surface area contributed by atoms with Crippen molar-refractivity contribution in [1.82, 2.24) is 10.0 Å². The van der Waals surface area contributed by atoms with Gasteiger partial charge in [-0.2, -0.15) is 0 Å². The maximum atomic E-state index is 12.6. The highest BCUT2D eigenvalue weighted by Crippen LogP contribution is 2.27. The first-order valence-corrected chi connectivity index (χ1v) is 9.94. The lowest BCUT2D eigenvalue weighted by molar-refractivity contribution is 0.485. The summed E-state index contributed by atoms with van der Waals surface area (Å²) in [5.41, 5.74) is 0.830. The van der Waals surface area contributed by atoms with Gasteiger partial charge in [0.2, 0.25) is 10.0 Å². The fraction of sp³-hybridized carbons (Fsp3) is 0.733. The first kappa shape index (κ1) is 18.6. The molecule has 1 rings (SSSR count). The second-order valence-corrected chi connectivity index (χ2v) is 8.56. The second kappa shape index (κ2) is 8.27. The van der Waals surface area contributed by atoms with E-state index in [9.17, 15) is 8.42 Å². The van der Waals surface area contributed by atoms with Crippen molar-refractivity contribution in [2.75, 3.05) is 6.54 Å². The van der Waals surface area contributed by atoms with E-state index < -0.39 is 10.0 Å². The summed E-state index contributed by atoms with van der Waals surface area (Å²) in [5.74, 6) is 0.587. The maximum absolute atomic E-state index is 12.6. The minimum absolute atomic E-state index is 0.0383. The summed E-state index contributed by atoms with van der Waals surface area (Å²) in [6.07, 6.45) is 1.89. The highest BCUT2D eigenvalue weighted by Gasteiger charge is 2.24. The Balaban J connectivity index is 2.84. The predicted octanol–water partition coefficient (Wildman–Crippen LogP) is 3.27. The molecule has 0 aliphatic rings. The molecule has 1 aromatic heterocycles. The molecule has 2 N–H and O–H groups in total. The van der Waals surface area contributed by atoms with Crippen LogP contribution in [0.4, 0.5) is 0 Å². The molecule has 1 heterocycles. The van der Waals surface area contributed by atoms with E-state index in [1.54, 1.807) is 0 Å². The Labute approximate surface area is 133 Å². The number of rotatable bonds is 9. The van der Waals surface area contributed by atoms with Crippen LogP contribution < -0.4 is 10.0 Å². The molecule has 1 atom stereocenters. The van der Waals surface area contributed by atoms with Gasteiger partial charge in [-0.05, 0) is 50.1 Å². The third kappa shape index (κ3) is 5.70. The van der Waals surface area contributed by atoms with Gasteiger partial charge >= 0.3 is 0 Å². The Bertz CT molecular complexity index is 536. The normalized spacial score (nSPS) is 13.8. The third-order valence-electron chi connectivity index (χ3n) is 3.33. The van der Waals surface area contributed by atoms with Crippen molar-refractivity contribution in [1.29, 1.82) is 0 Å². The first-order valence-electron chi connectivity index (χ1n) is 7.58. The Morgan fingerprint density at radius 2 is 1.90 bits per heavy atom. The standard InChI is InChI=1S/C15H28N2O2S2/c1-6-16-9-14-15(12(4)10-20-14)21(18,19)17-13(5)8-7-11(2)3/h10-11,13,16-17H,6-9H2,1-5H3. The number of thiophene rings is 1. The van der Waals surface area contributed by atoms with Crippen molar-refractivity contribution in [3.63, 3.8) is 0 Å². The van der Waals surface area contributed by atoms with Crippen LogP contribution in [0.15, 0.2) is 10.3 Å². The van der Waals surface area contributed by atoms with Crippen LogP contribution in [-0.4, -0.2) is 21.0 Å². The van der Waals surface area contributed by atoms with Gasteiger partial charge in [-0.1, -0.05) is 20.8 Å². The van der Waals surface area contributed by atoms with Gasteiger partial charge in [0.25, 0.3) is 0 Å². The molecule has 0 saturated heterocycles. The minimum atomic E-state index is -3.44. The molecule has 0 saturated carbocycles. The molecule has 0 spiro atoms. The molecule has 0 aliphatic heterocycles. The lowest BCUT2D eigenvalue weighted by Crippen LogP contribution is -2.33. The highest BCUT2D eigenvalue weighted by atomic mass is 32.2. The monoisotopic (exact) mass is 332 g/mol. The van der Waals surface area contributed by atoms with E-state index in [-0.39, 0.29) is 6.04 Å². The van der Waals surface area contributed by atoms with Gasteiger partial charge in [0, 0.05) is 17.5 Å². The smallest absolute Gasteiger partial charge is 0.242 e. The zero-order chi connectivity index (χ0) is 16.0. The van der Waals surface area contributed by atoms with Crippen LogP contribution in [0.3, 0.4) is 0 Å². The van der Waals surface area contributed by atoms with E-state index in [0.29, 0.717) is 17.4 Å². The molecule has 0 fully saturated rings. The molecular weight excluding hydrogens is 304 g/mol. The highest BCUT2D eigenvalue weighted by molar-refractivity contribution is 7.89. The number of hydrogen-bond acceptors (Lipinski definition) is 4. The Morgan fingerprint density at radius 3 is 2.48 bits per heavy atom. The Hall–Kier alpha value is -0.430. The van der Waals surface area contributed by atoms with Gasteiger partial charge in [-0.15, -0.1) is 11.3 Å². The topological polar surface area (TPSA) is 58.2 Å². The maximum Gasteiger partial charge on any atom is 0.242 e. The van der Waals surface area contributed by atoms with E-state index in [2.05, 4.69) is 23.9 Å². The molecule has 122 valence electrons. The van der Waals surface area contributed by atoms with Crippen molar-refractivity contribution in [3.05, 3.63) is 15.8 Å². The van der Waals surface area contributed by atoms with E-state index in [0.717, 1.165) is 29.8 Å². The molecule has 4 nitrogen and oxygen atoms in total. The molecule has 0 aliphatic carbocycles. The number of hydrogen-bond donors (Lipinski definition) is 2. The van der Waals surface area contributed by atoms with Crippen molar-refractivity contribution in [3.8, 4) is 0 Å². The molecule has 6 heteroatoms. The molecule has 0 aromatic carbocycles. The van der Waals surface area contributed by atoms with E-state index in [4.69, 9.17) is 0 Å². The number of sulfonamides is 1. The van der Waals surface area contributed by atoms with Crippen molar-refractivity contribution in [2.45, 2.75) is 64.9 Å². The lowest BCUT2D eigenvalue weighted by atomic mass is 10.1. The number of aryl methyl sites for hydroxylation is 1. The van der Waals surface area contributed by atoms with Crippen LogP contribution in [-0.2, 0) is 16.6 Å². The van der Waals surface area contributed by atoms with Gasteiger partial charge < -0.3 is 5.32 Å². The van der Waals surface area contributed by atoms with Gasteiger partial charge in [0.1, 0.15) is 4.90 Å². The molecule has 21 heavy (non-hydrogen) atoms. The fourth-order valence-corrected chi connectivity index (χ4v) is 5.23. The van der Waals surface area contributed by atoms with E-state index in [1.165, 1.54) is 11.3 Å². The summed E-state index contributed by atoms with van der Waals surface area (Å²) >= 11 is 1.51. The van der Waals surface area contributed by atoms with Crippen LogP contribution >= 0.6 is 11.3 Å². The van der Waals surface area contributed by atoms with Crippen molar-refractivity contribution in [2.24, 2.45) is 5.92 Å². The summed E-state index contributed by atoms with van der Waals surface area (Å²) < 4.78 is 28.1. The second-order valence-electron chi connectivity index (χ2n) is 5.94. The summed E-state index contributed by atoms with van der Waals surface area (Å²) in [6, 6.07) is -0.0383. The Morgan fingerprint density at radius 1 is 1.24 bits per heavy atom. The zero-order valence-electron chi connectivity index (χ0n) is 13.7. The number of nitrogens with one attached hydrogen (secondary N) is 2. The van der Waals surface area contributed by atoms with Crippen LogP contribution in [0.25, 0.3) is 0 Å². The van der Waals surface area contributed by atoms with Gasteiger partial charge in [-0.25, -0.2) is 13.1 Å².